The molecule has 1 aliphatic carbocycles. The van der Waals surface area contributed by atoms with Crippen LogP contribution in [0.4, 0.5) is 16.4 Å². The number of aromatic nitrogens is 1. The lowest BCUT2D eigenvalue weighted by molar-refractivity contribution is 0.0912. The third kappa shape index (κ3) is 5.20. The Bertz CT molecular complexity index is 901. The predicted molar refractivity (Wildman–Crippen MR) is 116 cm³/mol. The lowest BCUT2D eigenvalue weighted by Gasteiger charge is -2.32. The van der Waals surface area contributed by atoms with Gasteiger partial charge in [0.05, 0.1) is 17.1 Å². The second-order valence-electron chi connectivity index (χ2n) is 8.17. The number of carbonyl (C=O) groups is 2. The number of hydrogen-bond acceptors (Lipinski definition) is 5. The molecule has 0 aliphatic heterocycles. The number of nitrogens with zero attached hydrogens (tertiary/aromatic N) is 1. The molecule has 30 heavy (non-hydrogen) atoms. The molecule has 160 valence electrons. The van der Waals surface area contributed by atoms with Crippen LogP contribution in [0, 0.1) is 0 Å². The molecular formula is C22H29N5O3. The summed E-state index contributed by atoms with van der Waals surface area (Å²) in [5.41, 5.74) is 6.79. The molecule has 0 unspecified atom stereocenters. The minimum Gasteiger partial charge on any atom is -0.465 e. The van der Waals surface area contributed by atoms with E-state index < -0.39 is 11.6 Å². The Morgan fingerprint density at radius 2 is 1.73 bits per heavy atom. The van der Waals surface area contributed by atoms with Gasteiger partial charge in [-0.25, -0.2) is 9.78 Å². The summed E-state index contributed by atoms with van der Waals surface area (Å²) >= 11 is 0. The molecule has 0 spiro atoms. The molecule has 1 saturated carbocycles. The van der Waals surface area contributed by atoms with Crippen LogP contribution >= 0.6 is 0 Å². The van der Waals surface area contributed by atoms with Gasteiger partial charge < -0.3 is 26.8 Å². The summed E-state index contributed by atoms with van der Waals surface area (Å²) in [5, 5.41) is 17.9. The van der Waals surface area contributed by atoms with Gasteiger partial charge in [-0.3, -0.25) is 4.79 Å². The van der Waals surface area contributed by atoms with E-state index >= 15 is 0 Å². The standard InChI is InChI=1S/C22H29N5O3/c1-22(2,14-8-4-3-5-9-14)27-20(28)15-12-13-18(26-19(15)23)24-16-10-6-7-11-17(16)25-21(29)30/h3-5,8-9,12-13,16-17,25H,6-7,10-11H2,1-2H3,(H,27,28)(H,29,30)(H3,23,24,26)/t16-,17+/m0/s1. The Balaban J connectivity index is 1.70. The van der Waals surface area contributed by atoms with E-state index in [2.05, 4.69) is 20.9 Å². The molecule has 8 nitrogen and oxygen atoms in total. The van der Waals surface area contributed by atoms with Crippen molar-refractivity contribution in [2.24, 2.45) is 0 Å². The molecule has 1 aliphatic rings. The number of rotatable bonds is 6. The molecule has 0 saturated heterocycles. The molecule has 2 aromatic rings. The van der Waals surface area contributed by atoms with Crippen LogP contribution in [0.25, 0.3) is 0 Å². The van der Waals surface area contributed by atoms with Crippen molar-refractivity contribution in [1.29, 1.82) is 0 Å². The maximum Gasteiger partial charge on any atom is 0.404 e. The number of anilines is 2. The first-order chi connectivity index (χ1) is 14.3. The third-order valence-electron chi connectivity index (χ3n) is 5.50. The average Bonchev–Trinajstić information content (AvgIpc) is 2.69. The number of pyridine rings is 1. The van der Waals surface area contributed by atoms with E-state index in [9.17, 15) is 9.59 Å². The van der Waals surface area contributed by atoms with E-state index in [0.717, 1.165) is 31.2 Å². The van der Waals surface area contributed by atoms with Crippen LogP contribution in [0.2, 0.25) is 0 Å². The van der Waals surface area contributed by atoms with Crippen molar-refractivity contribution in [3.63, 3.8) is 0 Å². The molecule has 1 aromatic carbocycles. The number of nitrogens with two attached hydrogens (primary N) is 1. The Morgan fingerprint density at radius 1 is 1.07 bits per heavy atom. The zero-order valence-electron chi connectivity index (χ0n) is 17.3. The molecule has 2 atom stereocenters. The Labute approximate surface area is 176 Å². The monoisotopic (exact) mass is 411 g/mol. The lowest BCUT2D eigenvalue weighted by Crippen LogP contribution is -2.48. The van der Waals surface area contributed by atoms with Gasteiger partial charge in [0.15, 0.2) is 0 Å². The van der Waals surface area contributed by atoms with Gasteiger partial charge in [-0.1, -0.05) is 43.2 Å². The Morgan fingerprint density at radius 3 is 2.37 bits per heavy atom. The smallest absolute Gasteiger partial charge is 0.404 e. The number of amides is 2. The number of hydrogen-bond donors (Lipinski definition) is 5. The van der Waals surface area contributed by atoms with Crippen LogP contribution in [0.1, 0.15) is 55.5 Å². The van der Waals surface area contributed by atoms with Crippen molar-refractivity contribution < 1.29 is 14.7 Å². The summed E-state index contributed by atoms with van der Waals surface area (Å²) in [6.45, 7) is 3.86. The van der Waals surface area contributed by atoms with Gasteiger partial charge in [0.2, 0.25) is 0 Å². The highest BCUT2D eigenvalue weighted by molar-refractivity contribution is 5.99. The van der Waals surface area contributed by atoms with Gasteiger partial charge in [0, 0.05) is 6.04 Å². The molecule has 8 heteroatoms. The predicted octanol–water partition coefficient (Wildman–Crippen LogP) is 3.32. The van der Waals surface area contributed by atoms with Gasteiger partial charge in [0.1, 0.15) is 11.6 Å². The quantitative estimate of drug-likeness (QED) is 0.496. The second kappa shape index (κ2) is 9.02. The van der Waals surface area contributed by atoms with Crippen LogP contribution in [0.15, 0.2) is 42.5 Å². The number of carbonyl (C=O) groups excluding carboxylic acids is 1. The van der Waals surface area contributed by atoms with Crippen molar-refractivity contribution in [3.8, 4) is 0 Å². The van der Waals surface area contributed by atoms with Gasteiger partial charge >= 0.3 is 6.09 Å². The zero-order valence-corrected chi connectivity index (χ0v) is 17.3. The first kappa shape index (κ1) is 21.4. The van der Waals surface area contributed by atoms with Crippen molar-refractivity contribution in [2.45, 2.75) is 57.2 Å². The fourth-order valence-corrected chi connectivity index (χ4v) is 3.85. The highest BCUT2D eigenvalue weighted by atomic mass is 16.4. The normalized spacial score (nSPS) is 19.0. The van der Waals surface area contributed by atoms with E-state index in [1.54, 1.807) is 12.1 Å². The van der Waals surface area contributed by atoms with Gasteiger partial charge in [-0.15, -0.1) is 0 Å². The van der Waals surface area contributed by atoms with E-state index in [4.69, 9.17) is 10.8 Å². The van der Waals surface area contributed by atoms with Crippen LogP contribution in [-0.4, -0.2) is 34.2 Å². The lowest BCUT2D eigenvalue weighted by atomic mass is 9.90. The summed E-state index contributed by atoms with van der Waals surface area (Å²) in [7, 11) is 0. The fraction of sp³-hybridized carbons (Fsp3) is 0.409. The highest BCUT2D eigenvalue weighted by Crippen LogP contribution is 2.24. The van der Waals surface area contributed by atoms with Crippen LogP contribution in [-0.2, 0) is 5.54 Å². The molecular weight excluding hydrogens is 382 g/mol. The largest absolute Gasteiger partial charge is 0.465 e. The topological polar surface area (TPSA) is 129 Å². The first-order valence-electron chi connectivity index (χ1n) is 10.2. The fourth-order valence-electron chi connectivity index (χ4n) is 3.85. The number of nitrogen functional groups attached to an aromatic ring is 1. The molecule has 0 bridgehead atoms. The van der Waals surface area contributed by atoms with Crippen LogP contribution in [0.5, 0.6) is 0 Å². The van der Waals surface area contributed by atoms with Gasteiger partial charge in [-0.05, 0) is 44.4 Å². The van der Waals surface area contributed by atoms with Crippen molar-refractivity contribution in [1.82, 2.24) is 15.6 Å². The molecule has 3 rings (SSSR count). The number of carboxylic acid groups (broad SMARTS) is 1. The molecule has 6 N–H and O–H groups in total. The minimum atomic E-state index is -1.03. The third-order valence-corrected chi connectivity index (χ3v) is 5.50. The molecule has 0 radical (unpaired) electrons. The highest BCUT2D eigenvalue weighted by Gasteiger charge is 2.28. The number of nitrogens with one attached hydrogen (secondary N) is 3. The van der Waals surface area contributed by atoms with Crippen molar-refractivity contribution in [2.75, 3.05) is 11.1 Å². The molecule has 2 amide bonds. The summed E-state index contributed by atoms with van der Waals surface area (Å²) < 4.78 is 0. The molecule has 1 heterocycles. The first-order valence-corrected chi connectivity index (χ1v) is 10.2. The Kier molecular flexibility index (Phi) is 6.44. The second-order valence-corrected chi connectivity index (χ2v) is 8.17. The summed E-state index contributed by atoms with van der Waals surface area (Å²) in [6, 6.07) is 12.8. The summed E-state index contributed by atoms with van der Waals surface area (Å²) in [4.78, 5) is 28.2. The molecule has 1 aromatic heterocycles. The maximum absolute atomic E-state index is 12.8. The van der Waals surface area contributed by atoms with E-state index in [0.29, 0.717) is 11.4 Å². The van der Waals surface area contributed by atoms with E-state index in [-0.39, 0.29) is 23.8 Å². The van der Waals surface area contributed by atoms with E-state index in [1.165, 1.54) is 0 Å². The maximum atomic E-state index is 12.8. The Hall–Kier alpha value is -3.29. The van der Waals surface area contributed by atoms with E-state index in [1.807, 2.05) is 44.2 Å². The SMILES string of the molecule is CC(C)(NC(=O)c1ccc(N[C@H]2CCCC[C@H]2NC(=O)O)nc1N)c1ccccc1. The van der Waals surface area contributed by atoms with Crippen LogP contribution in [0.3, 0.4) is 0 Å². The molecule has 1 fully saturated rings. The van der Waals surface area contributed by atoms with Gasteiger partial charge in [-0.2, -0.15) is 0 Å². The van der Waals surface area contributed by atoms with Gasteiger partial charge in [0.25, 0.3) is 5.91 Å². The van der Waals surface area contributed by atoms with Crippen molar-refractivity contribution in [3.05, 3.63) is 53.6 Å². The van der Waals surface area contributed by atoms with Crippen LogP contribution < -0.4 is 21.7 Å². The average molecular weight is 412 g/mol. The number of benzene rings is 1. The summed E-state index contributed by atoms with van der Waals surface area (Å²) in [6.07, 6.45) is 2.57. The van der Waals surface area contributed by atoms with Crippen molar-refractivity contribution >= 4 is 23.6 Å². The summed E-state index contributed by atoms with van der Waals surface area (Å²) in [5.74, 6) is 0.346. The minimum absolute atomic E-state index is 0.0709. The zero-order chi connectivity index (χ0) is 21.7.